The number of likely N-dealkylation sites (N-methyl/N-ethyl adjacent to an activating group) is 2. The first-order valence-corrected chi connectivity index (χ1v) is 7.81. The van der Waals surface area contributed by atoms with Crippen LogP contribution in [0.5, 0.6) is 0 Å². The van der Waals surface area contributed by atoms with Crippen LogP contribution >= 0.6 is 0 Å². The summed E-state index contributed by atoms with van der Waals surface area (Å²) in [5.41, 5.74) is 0. The van der Waals surface area contributed by atoms with Gasteiger partial charge in [0.1, 0.15) is 0 Å². The van der Waals surface area contributed by atoms with Crippen LogP contribution in [-0.4, -0.2) is 62.0 Å². The highest BCUT2D eigenvalue weighted by molar-refractivity contribution is 5.78. The fourth-order valence-corrected chi connectivity index (χ4v) is 2.96. The van der Waals surface area contributed by atoms with Gasteiger partial charge in [-0.1, -0.05) is 19.3 Å². The quantitative estimate of drug-likeness (QED) is 0.681. The van der Waals surface area contributed by atoms with E-state index in [1.165, 1.54) is 32.1 Å². The molecule has 0 aromatic carbocycles. The highest BCUT2D eigenvalue weighted by Crippen LogP contribution is 2.22. The number of nitrogens with one attached hydrogen (secondary N) is 1. The van der Waals surface area contributed by atoms with Crippen molar-refractivity contribution in [2.75, 3.05) is 40.3 Å². The van der Waals surface area contributed by atoms with Gasteiger partial charge in [0.15, 0.2) is 0 Å². The molecule has 0 heterocycles. The molecule has 1 fully saturated rings. The van der Waals surface area contributed by atoms with E-state index in [0.717, 1.165) is 26.1 Å². The second-order valence-corrected chi connectivity index (χ2v) is 5.67. The number of amides is 1. The van der Waals surface area contributed by atoms with E-state index in [1.807, 2.05) is 14.1 Å². The topological polar surface area (TPSA) is 35.6 Å². The Labute approximate surface area is 118 Å². The lowest BCUT2D eigenvalue weighted by Crippen LogP contribution is -2.45. The first kappa shape index (κ1) is 16.4. The Morgan fingerprint density at radius 1 is 1.26 bits per heavy atom. The lowest BCUT2D eigenvalue weighted by Gasteiger charge is -2.34. The second kappa shape index (κ2) is 9.32. The molecular formula is C15H31N3O. The van der Waals surface area contributed by atoms with E-state index in [4.69, 9.17) is 0 Å². The zero-order valence-electron chi connectivity index (χ0n) is 13.0. The fourth-order valence-electron chi connectivity index (χ4n) is 2.96. The van der Waals surface area contributed by atoms with Gasteiger partial charge in [-0.25, -0.2) is 0 Å². The zero-order valence-corrected chi connectivity index (χ0v) is 13.0. The Balaban J connectivity index is 2.35. The molecular weight excluding hydrogens is 238 g/mol. The van der Waals surface area contributed by atoms with Crippen molar-refractivity contribution in [3.8, 4) is 0 Å². The smallest absolute Gasteiger partial charge is 0.236 e. The van der Waals surface area contributed by atoms with Crippen LogP contribution in [0.1, 0.15) is 45.4 Å². The van der Waals surface area contributed by atoms with Gasteiger partial charge in [-0.3, -0.25) is 9.69 Å². The molecule has 4 nitrogen and oxygen atoms in total. The van der Waals surface area contributed by atoms with E-state index in [-0.39, 0.29) is 0 Å². The van der Waals surface area contributed by atoms with Gasteiger partial charge in [0.25, 0.3) is 0 Å². The molecule has 1 N–H and O–H groups in total. The summed E-state index contributed by atoms with van der Waals surface area (Å²) in [4.78, 5) is 16.6. The number of carbonyl (C=O) groups excluding carboxylic acids is 1. The molecule has 0 bridgehead atoms. The van der Waals surface area contributed by atoms with Crippen LogP contribution in [0.3, 0.4) is 0 Å². The van der Waals surface area contributed by atoms with Crippen LogP contribution in [0.25, 0.3) is 0 Å². The maximum absolute atomic E-state index is 12.4. The standard InChI is InChI=1S/C15H31N3O/c1-4-18(14-9-6-5-7-10-14)15(19)13-17(3)12-8-11-16-2/h14,16H,4-13H2,1-3H3. The van der Waals surface area contributed by atoms with E-state index in [0.29, 0.717) is 18.5 Å². The van der Waals surface area contributed by atoms with E-state index >= 15 is 0 Å². The minimum Gasteiger partial charge on any atom is -0.339 e. The summed E-state index contributed by atoms with van der Waals surface area (Å²) in [5, 5.41) is 3.14. The third-order valence-corrected chi connectivity index (χ3v) is 4.05. The Hall–Kier alpha value is -0.610. The molecule has 0 aliphatic heterocycles. The maximum atomic E-state index is 12.4. The molecule has 4 heteroatoms. The average molecular weight is 269 g/mol. The lowest BCUT2D eigenvalue weighted by atomic mass is 9.94. The van der Waals surface area contributed by atoms with Crippen molar-refractivity contribution in [1.82, 2.24) is 15.1 Å². The van der Waals surface area contributed by atoms with Crippen LogP contribution in [0.15, 0.2) is 0 Å². The van der Waals surface area contributed by atoms with Crippen molar-refractivity contribution in [2.45, 2.75) is 51.5 Å². The molecule has 0 spiro atoms. The van der Waals surface area contributed by atoms with Gasteiger partial charge in [-0.2, -0.15) is 0 Å². The molecule has 1 saturated carbocycles. The van der Waals surface area contributed by atoms with Gasteiger partial charge in [0.2, 0.25) is 5.91 Å². The Kier molecular flexibility index (Phi) is 8.07. The van der Waals surface area contributed by atoms with Gasteiger partial charge in [-0.05, 0) is 53.4 Å². The zero-order chi connectivity index (χ0) is 14.1. The van der Waals surface area contributed by atoms with E-state index in [2.05, 4.69) is 22.0 Å². The second-order valence-electron chi connectivity index (χ2n) is 5.67. The van der Waals surface area contributed by atoms with Gasteiger partial charge < -0.3 is 10.2 Å². The van der Waals surface area contributed by atoms with Gasteiger partial charge in [-0.15, -0.1) is 0 Å². The minimum atomic E-state index is 0.307. The van der Waals surface area contributed by atoms with E-state index < -0.39 is 0 Å². The molecule has 0 saturated heterocycles. The number of carbonyl (C=O) groups is 1. The van der Waals surface area contributed by atoms with Crippen molar-refractivity contribution >= 4 is 5.91 Å². The van der Waals surface area contributed by atoms with Crippen molar-refractivity contribution in [3.05, 3.63) is 0 Å². The highest BCUT2D eigenvalue weighted by atomic mass is 16.2. The van der Waals surface area contributed by atoms with Gasteiger partial charge in [0.05, 0.1) is 6.54 Å². The van der Waals surface area contributed by atoms with Gasteiger partial charge in [0, 0.05) is 12.6 Å². The highest BCUT2D eigenvalue weighted by Gasteiger charge is 2.24. The first-order valence-electron chi connectivity index (χ1n) is 7.81. The molecule has 19 heavy (non-hydrogen) atoms. The van der Waals surface area contributed by atoms with Crippen molar-refractivity contribution in [2.24, 2.45) is 0 Å². The summed E-state index contributed by atoms with van der Waals surface area (Å²) in [5.74, 6) is 0.307. The van der Waals surface area contributed by atoms with Crippen LogP contribution < -0.4 is 5.32 Å². The van der Waals surface area contributed by atoms with Crippen LogP contribution in [-0.2, 0) is 4.79 Å². The summed E-state index contributed by atoms with van der Waals surface area (Å²) >= 11 is 0. The molecule has 0 radical (unpaired) electrons. The maximum Gasteiger partial charge on any atom is 0.236 e. The number of hydrogen-bond donors (Lipinski definition) is 1. The largest absolute Gasteiger partial charge is 0.339 e. The molecule has 112 valence electrons. The monoisotopic (exact) mass is 269 g/mol. The predicted octanol–water partition coefficient (Wildman–Crippen LogP) is 1.71. The third kappa shape index (κ3) is 5.91. The SMILES string of the molecule is CCN(C(=O)CN(C)CCCNC)C1CCCCC1. The summed E-state index contributed by atoms with van der Waals surface area (Å²) in [6, 6.07) is 0.497. The molecule has 0 unspecified atom stereocenters. The normalized spacial score (nSPS) is 16.8. The molecule has 1 aliphatic carbocycles. The molecule has 1 rings (SSSR count). The molecule has 1 amide bonds. The van der Waals surface area contributed by atoms with Crippen LogP contribution in [0, 0.1) is 0 Å². The van der Waals surface area contributed by atoms with Crippen molar-refractivity contribution in [3.63, 3.8) is 0 Å². The van der Waals surface area contributed by atoms with Gasteiger partial charge >= 0.3 is 0 Å². The van der Waals surface area contributed by atoms with E-state index in [9.17, 15) is 4.79 Å². The van der Waals surface area contributed by atoms with Crippen LogP contribution in [0.4, 0.5) is 0 Å². The molecule has 1 aliphatic rings. The predicted molar refractivity (Wildman–Crippen MR) is 80.3 cm³/mol. The number of nitrogens with zero attached hydrogens (tertiary/aromatic N) is 2. The Morgan fingerprint density at radius 3 is 2.53 bits per heavy atom. The number of hydrogen-bond acceptors (Lipinski definition) is 3. The summed E-state index contributed by atoms with van der Waals surface area (Å²) in [6.07, 6.45) is 7.40. The summed E-state index contributed by atoms with van der Waals surface area (Å²) in [6.45, 7) is 5.52. The number of rotatable bonds is 8. The molecule has 0 aromatic rings. The Bertz CT molecular complexity index is 252. The first-order chi connectivity index (χ1) is 9.19. The molecule has 0 aromatic heterocycles. The third-order valence-electron chi connectivity index (χ3n) is 4.05. The van der Waals surface area contributed by atoms with E-state index in [1.54, 1.807) is 0 Å². The minimum absolute atomic E-state index is 0.307. The van der Waals surface area contributed by atoms with Crippen molar-refractivity contribution in [1.29, 1.82) is 0 Å². The Morgan fingerprint density at radius 2 is 1.95 bits per heavy atom. The molecule has 0 atom stereocenters. The summed E-state index contributed by atoms with van der Waals surface area (Å²) < 4.78 is 0. The van der Waals surface area contributed by atoms with Crippen LogP contribution in [0.2, 0.25) is 0 Å². The average Bonchev–Trinajstić information content (AvgIpc) is 2.41. The summed E-state index contributed by atoms with van der Waals surface area (Å²) in [7, 11) is 4.01. The fraction of sp³-hybridized carbons (Fsp3) is 0.933. The lowest BCUT2D eigenvalue weighted by molar-refractivity contribution is -0.134. The van der Waals surface area contributed by atoms with Crippen molar-refractivity contribution < 1.29 is 4.79 Å².